The predicted molar refractivity (Wildman–Crippen MR) is 97.7 cm³/mol. The van der Waals surface area contributed by atoms with Gasteiger partial charge in [0.25, 0.3) is 0 Å². The number of rotatable bonds is 2. The summed E-state index contributed by atoms with van der Waals surface area (Å²) in [6, 6.07) is 13.4. The van der Waals surface area contributed by atoms with Gasteiger partial charge in [-0.25, -0.2) is 9.97 Å². The Morgan fingerprint density at radius 2 is 1.96 bits per heavy atom. The van der Waals surface area contributed by atoms with Gasteiger partial charge in [0.15, 0.2) is 11.5 Å². The van der Waals surface area contributed by atoms with Gasteiger partial charge in [-0.15, -0.1) is 5.10 Å². The quantitative estimate of drug-likeness (QED) is 0.597. The van der Waals surface area contributed by atoms with Gasteiger partial charge in [-0.05, 0) is 36.8 Å². The molecule has 2 N–H and O–H groups in total. The van der Waals surface area contributed by atoms with Crippen LogP contribution in [-0.2, 0) is 0 Å². The Balaban J connectivity index is 2.00. The lowest BCUT2D eigenvalue weighted by atomic mass is 10.0. The molecule has 0 fully saturated rings. The van der Waals surface area contributed by atoms with Crippen molar-refractivity contribution in [2.45, 2.75) is 6.92 Å². The van der Waals surface area contributed by atoms with Gasteiger partial charge in [0.2, 0.25) is 0 Å². The van der Waals surface area contributed by atoms with Crippen LogP contribution in [0.2, 0.25) is 0 Å². The van der Waals surface area contributed by atoms with E-state index in [2.05, 4.69) is 25.1 Å². The molecule has 0 aliphatic heterocycles. The largest absolute Gasteiger partial charge is 0.381 e. The van der Waals surface area contributed by atoms with E-state index in [1.165, 1.54) is 0 Å². The van der Waals surface area contributed by atoms with Gasteiger partial charge in [-0.2, -0.15) is 10.4 Å². The van der Waals surface area contributed by atoms with Gasteiger partial charge >= 0.3 is 0 Å². The van der Waals surface area contributed by atoms with Crippen molar-refractivity contribution in [3.05, 3.63) is 60.0 Å². The van der Waals surface area contributed by atoms with Crippen LogP contribution in [0.5, 0.6) is 0 Å². The number of nitrogens with zero attached hydrogens (tertiary/aromatic N) is 6. The third kappa shape index (κ3) is 2.70. The van der Waals surface area contributed by atoms with Crippen LogP contribution in [0.15, 0.2) is 48.8 Å². The molecule has 0 saturated heterocycles. The van der Waals surface area contributed by atoms with Gasteiger partial charge in [0.1, 0.15) is 17.5 Å². The molecule has 0 radical (unpaired) electrons. The van der Waals surface area contributed by atoms with Crippen molar-refractivity contribution in [1.82, 2.24) is 25.1 Å². The third-order valence-corrected chi connectivity index (χ3v) is 3.94. The summed E-state index contributed by atoms with van der Waals surface area (Å²) >= 11 is 0. The molecule has 1 aromatic carbocycles. The van der Waals surface area contributed by atoms with E-state index in [4.69, 9.17) is 5.73 Å². The zero-order valence-corrected chi connectivity index (χ0v) is 13.9. The second kappa shape index (κ2) is 6.18. The molecular weight excluding hydrogens is 326 g/mol. The Morgan fingerprint density at radius 1 is 1.08 bits per heavy atom. The number of aromatic nitrogens is 5. The van der Waals surface area contributed by atoms with Crippen molar-refractivity contribution in [2.75, 3.05) is 5.73 Å². The lowest BCUT2D eigenvalue weighted by Crippen LogP contribution is -2.04. The Morgan fingerprint density at radius 3 is 2.77 bits per heavy atom. The summed E-state index contributed by atoms with van der Waals surface area (Å²) in [5.74, 6) is 0.0667. The molecule has 0 atom stereocenters. The van der Waals surface area contributed by atoms with E-state index in [-0.39, 0.29) is 11.5 Å². The van der Waals surface area contributed by atoms with Crippen LogP contribution in [0.1, 0.15) is 11.3 Å². The van der Waals surface area contributed by atoms with Crippen molar-refractivity contribution >= 4 is 16.7 Å². The molecule has 0 aliphatic carbocycles. The van der Waals surface area contributed by atoms with Crippen LogP contribution in [0, 0.1) is 18.3 Å². The summed E-state index contributed by atoms with van der Waals surface area (Å²) in [4.78, 5) is 13.1. The summed E-state index contributed by atoms with van der Waals surface area (Å²) in [5, 5.41) is 18.4. The van der Waals surface area contributed by atoms with E-state index >= 15 is 0 Å². The molecule has 0 aliphatic rings. The molecule has 0 spiro atoms. The van der Waals surface area contributed by atoms with Crippen molar-refractivity contribution < 1.29 is 0 Å². The molecule has 3 aromatic heterocycles. The molecule has 7 nitrogen and oxygen atoms in total. The summed E-state index contributed by atoms with van der Waals surface area (Å²) in [7, 11) is 0. The molecule has 3 heterocycles. The molecule has 26 heavy (non-hydrogen) atoms. The fraction of sp³-hybridized carbons (Fsp3) is 0.0526. The van der Waals surface area contributed by atoms with E-state index < -0.39 is 0 Å². The highest BCUT2D eigenvalue weighted by Gasteiger charge is 2.17. The van der Waals surface area contributed by atoms with Crippen molar-refractivity contribution in [1.29, 1.82) is 5.26 Å². The Kier molecular flexibility index (Phi) is 3.71. The maximum absolute atomic E-state index is 9.30. The minimum atomic E-state index is 0.0667. The number of hydrogen-bond donors (Lipinski definition) is 1. The number of anilines is 1. The molecule has 4 rings (SSSR count). The summed E-state index contributed by atoms with van der Waals surface area (Å²) in [6.07, 6.45) is 3.40. The summed E-state index contributed by atoms with van der Waals surface area (Å²) in [6.45, 7) is 1.92. The van der Waals surface area contributed by atoms with Crippen LogP contribution in [0.4, 0.5) is 5.82 Å². The Hall–Kier alpha value is -3.92. The second-order valence-electron chi connectivity index (χ2n) is 5.80. The number of aryl methyl sites for hydroxylation is 1. The van der Waals surface area contributed by atoms with Crippen molar-refractivity contribution in [2.24, 2.45) is 0 Å². The molecular formula is C19H13N7. The number of nitriles is 1. The predicted octanol–water partition coefficient (Wildman–Crippen LogP) is 2.91. The Labute approximate surface area is 149 Å². The number of fused-ring (bicyclic) bond motifs is 1. The van der Waals surface area contributed by atoms with Gasteiger partial charge in [0, 0.05) is 17.1 Å². The fourth-order valence-corrected chi connectivity index (χ4v) is 2.71. The summed E-state index contributed by atoms with van der Waals surface area (Å²) in [5.41, 5.74) is 10.1. The standard InChI is InChI=1S/C19H13N7/c1-11-7-15(26-23-10-11)18-17(24-16(9-20)19(21)25-18)13-4-5-14-12(8-13)3-2-6-22-14/h2-8,10H,1H3,(H2,21,25). The normalized spacial score (nSPS) is 10.6. The van der Waals surface area contributed by atoms with E-state index in [1.54, 1.807) is 12.4 Å². The first-order valence-corrected chi connectivity index (χ1v) is 7.88. The number of hydrogen-bond acceptors (Lipinski definition) is 7. The van der Waals surface area contributed by atoms with Crippen molar-refractivity contribution in [3.8, 4) is 28.7 Å². The first-order valence-electron chi connectivity index (χ1n) is 7.88. The van der Waals surface area contributed by atoms with Gasteiger partial charge in [-0.3, -0.25) is 4.98 Å². The first kappa shape index (κ1) is 15.6. The SMILES string of the molecule is Cc1cnnc(-c2nc(N)c(C#N)nc2-c2ccc3ncccc3c2)c1. The topological polar surface area (TPSA) is 114 Å². The number of nitrogens with two attached hydrogens (primary N) is 1. The maximum Gasteiger partial charge on any atom is 0.183 e. The Bertz CT molecular complexity index is 1180. The number of nitrogen functional groups attached to an aromatic ring is 1. The van der Waals surface area contributed by atoms with Gasteiger partial charge in [0.05, 0.1) is 17.4 Å². The van der Waals surface area contributed by atoms with Crippen LogP contribution >= 0.6 is 0 Å². The van der Waals surface area contributed by atoms with Crippen LogP contribution in [0.25, 0.3) is 33.5 Å². The lowest BCUT2D eigenvalue weighted by Gasteiger charge is -2.10. The van der Waals surface area contributed by atoms with E-state index in [9.17, 15) is 5.26 Å². The monoisotopic (exact) mass is 339 g/mol. The smallest absolute Gasteiger partial charge is 0.183 e. The summed E-state index contributed by atoms with van der Waals surface area (Å²) < 4.78 is 0. The molecule has 0 amide bonds. The molecule has 0 saturated carbocycles. The highest BCUT2D eigenvalue weighted by molar-refractivity contribution is 5.87. The van der Waals surface area contributed by atoms with E-state index in [0.717, 1.165) is 22.0 Å². The highest BCUT2D eigenvalue weighted by Crippen LogP contribution is 2.31. The second-order valence-corrected chi connectivity index (χ2v) is 5.80. The highest BCUT2D eigenvalue weighted by atomic mass is 15.1. The van der Waals surface area contributed by atoms with E-state index in [0.29, 0.717) is 17.1 Å². The first-order chi connectivity index (χ1) is 12.7. The molecule has 0 bridgehead atoms. The maximum atomic E-state index is 9.30. The fourth-order valence-electron chi connectivity index (χ4n) is 2.71. The van der Waals surface area contributed by atoms with Crippen LogP contribution in [-0.4, -0.2) is 25.1 Å². The average Bonchev–Trinajstić information content (AvgIpc) is 2.67. The zero-order valence-electron chi connectivity index (χ0n) is 13.9. The number of benzene rings is 1. The lowest BCUT2D eigenvalue weighted by molar-refractivity contribution is 1.01. The van der Waals surface area contributed by atoms with Crippen molar-refractivity contribution in [3.63, 3.8) is 0 Å². The van der Waals surface area contributed by atoms with Gasteiger partial charge < -0.3 is 5.73 Å². The zero-order chi connectivity index (χ0) is 18.1. The molecule has 124 valence electrons. The third-order valence-electron chi connectivity index (χ3n) is 3.94. The minimum Gasteiger partial charge on any atom is -0.381 e. The van der Waals surface area contributed by atoms with Crippen LogP contribution in [0.3, 0.4) is 0 Å². The number of pyridine rings is 1. The van der Waals surface area contributed by atoms with Crippen LogP contribution < -0.4 is 5.73 Å². The molecule has 7 heteroatoms. The van der Waals surface area contributed by atoms with E-state index in [1.807, 2.05) is 49.4 Å². The van der Waals surface area contributed by atoms with Gasteiger partial charge in [-0.1, -0.05) is 12.1 Å². The minimum absolute atomic E-state index is 0.0667. The molecule has 0 unspecified atom stereocenters. The average molecular weight is 339 g/mol. The molecule has 4 aromatic rings.